The number of thiophene rings is 1. The summed E-state index contributed by atoms with van der Waals surface area (Å²) >= 11 is 1.97. The first-order valence-corrected chi connectivity index (χ1v) is 6.70. The third kappa shape index (κ3) is 4.31. The number of hydrogen-bond acceptors (Lipinski definition) is 6. The summed E-state index contributed by atoms with van der Waals surface area (Å²) in [4.78, 5) is 31.6. The summed E-state index contributed by atoms with van der Waals surface area (Å²) < 4.78 is 0. The minimum Gasteiger partial charge on any atom is -0.297 e. The fourth-order valence-corrected chi connectivity index (χ4v) is 2.32. The molecular weight excluding hydrogens is 274 g/mol. The molecule has 0 N–H and O–H groups in total. The molecule has 1 aromatic heterocycles. The molecule has 0 aliphatic rings. The largest absolute Gasteiger partial charge is 0.340 e. The van der Waals surface area contributed by atoms with Crippen molar-refractivity contribution >= 4 is 39.5 Å². The molecule has 0 aromatic carbocycles. The van der Waals surface area contributed by atoms with Gasteiger partial charge in [-0.25, -0.2) is 0 Å². The van der Waals surface area contributed by atoms with E-state index in [1.807, 2.05) is 0 Å². The van der Waals surface area contributed by atoms with Gasteiger partial charge in [-0.05, 0) is 6.07 Å². The van der Waals surface area contributed by atoms with Gasteiger partial charge >= 0.3 is 5.00 Å². The molecule has 1 heterocycles. The Morgan fingerprint density at radius 2 is 2.39 bits per heavy atom. The van der Waals surface area contributed by atoms with Crippen LogP contribution in [-0.4, -0.2) is 22.1 Å². The van der Waals surface area contributed by atoms with E-state index in [4.69, 9.17) is 0 Å². The molecule has 5 nitrogen and oxygen atoms in total. The molecule has 0 aliphatic heterocycles. The number of nitrogens with zero attached hydrogens (tertiary/aromatic N) is 1. The summed E-state index contributed by atoms with van der Waals surface area (Å²) in [5.74, 6) is 5.97. The number of aldehydes is 1. The number of hydrogen-bond donors (Lipinski definition) is 0. The summed E-state index contributed by atoms with van der Waals surface area (Å²) in [6.45, 7) is 1.47. The van der Waals surface area contributed by atoms with Gasteiger partial charge in [-0.2, -0.15) is 0 Å². The fraction of sp³-hybridized carbons (Fsp3) is 0.273. The van der Waals surface area contributed by atoms with Gasteiger partial charge in [0.15, 0.2) is 11.4 Å². The number of carbonyl (C=O) groups is 2. The maximum atomic E-state index is 10.7. The van der Waals surface area contributed by atoms with Crippen molar-refractivity contribution in [2.75, 3.05) is 5.75 Å². The first-order chi connectivity index (χ1) is 8.54. The van der Waals surface area contributed by atoms with Gasteiger partial charge in [0.25, 0.3) is 0 Å². The van der Waals surface area contributed by atoms with Gasteiger partial charge in [-0.3, -0.25) is 19.7 Å². The SMILES string of the molecule is CC(=O)SCCC#Cc1cc(C=O)sc1[N+](=O)[O-]. The van der Waals surface area contributed by atoms with Crippen LogP contribution in [-0.2, 0) is 4.79 Å². The Bertz CT molecular complexity index is 539. The van der Waals surface area contributed by atoms with E-state index in [0.717, 1.165) is 23.1 Å². The molecule has 0 bridgehead atoms. The van der Waals surface area contributed by atoms with Crippen LogP contribution in [0.25, 0.3) is 0 Å². The topological polar surface area (TPSA) is 77.3 Å². The molecule has 7 heteroatoms. The van der Waals surface area contributed by atoms with Gasteiger partial charge < -0.3 is 0 Å². The molecule has 1 aromatic rings. The Hall–Kier alpha value is -1.65. The van der Waals surface area contributed by atoms with E-state index < -0.39 is 4.92 Å². The van der Waals surface area contributed by atoms with Crippen LogP contribution >= 0.6 is 23.1 Å². The summed E-state index contributed by atoms with van der Waals surface area (Å²) in [6.07, 6.45) is 1.03. The molecule has 0 unspecified atom stereocenters. The van der Waals surface area contributed by atoms with Gasteiger partial charge in [-0.15, -0.1) is 0 Å². The van der Waals surface area contributed by atoms with Gasteiger partial charge in [0.1, 0.15) is 5.56 Å². The van der Waals surface area contributed by atoms with Crippen LogP contribution in [0, 0.1) is 22.0 Å². The van der Waals surface area contributed by atoms with E-state index in [1.54, 1.807) is 0 Å². The van der Waals surface area contributed by atoms with Crippen molar-refractivity contribution in [3.63, 3.8) is 0 Å². The van der Waals surface area contributed by atoms with Crippen molar-refractivity contribution in [3.05, 3.63) is 26.6 Å². The van der Waals surface area contributed by atoms with Crippen LogP contribution in [0.4, 0.5) is 5.00 Å². The van der Waals surface area contributed by atoms with Crippen LogP contribution in [0.1, 0.15) is 28.6 Å². The van der Waals surface area contributed by atoms with Gasteiger partial charge in [0.05, 0.1) is 9.80 Å². The van der Waals surface area contributed by atoms with Crippen molar-refractivity contribution in [1.82, 2.24) is 0 Å². The Kier molecular flexibility index (Phi) is 5.55. The van der Waals surface area contributed by atoms with Gasteiger partial charge in [-0.1, -0.05) is 34.9 Å². The lowest BCUT2D eigenvalue weighted by Crippen LogP contribution is -1.86. The highest BCUT2D eigenvalue weighted by molar-refractivity contribution is 8.13. The summed E-state index contributed by atoms with van der Waals surface area (Å²) in [5.41, 5.74) is 0.250. The lowest BCUT2D eigenvalue weighted by atomic mass is 10.3. The highest BCUT2D eigenvalue weighted by Crippen LogP contribution is 2.28. The zero-order chi connectivity index (χ0) is 13.5. The van der Waals surface area contributed by atoms with Crippen molar-refractivity contribution in [1.29, 1.82) is 0 Å². The first kappa shape index (κ1) is 14.4. The highest BCUT2D eigenvalue weighted by Gasteiger charge is 2.17. The van der Waals surface area contributed by atoms with Crippen LogP contribution < -0.4 is 0 Å². The number of nitro groups is 1. The minimum atomic E-state index is -0.550. The van der Waals surface area contributed by atoms with Crippen molar-refractivity contribution in [2.45, 2.75) is 13.3 Å². The molecule has 1 rings (SSSR count). The Morgan fingerprint density at radius 1 is 1.67 bits per heavy atom. The summed E-state index contributed by atoms with van der Waals surface area (Å²) in [7, 11) is 0. The molecule has 0 atom stereocenters. The van der Waals surface area contributed by atoms with E-state index in [1.165, 1.54) is 13.0 Å². The van der Waals surface area contributed by atoms with Crippen molar-refractivity contribution in [2.24, 2.45) is 0 Å². The molecule has 0 fully saturated rings. The zero-order valence-corrected chi connectivity index (χ0v) is 11.1. The van der Waals surface area contributed by atoms with E-state index in [2.05, 4.69) is 11.8 Å². The second-order valence-corrected chi connectivity index (χ2v) is 5.47. The predicted octanol–water partition coefficient (Wildman–Crippen LogP) is 2.49. The third-order valence-corrected chi connectivity index (χ3v) is 3.60. The van der Waals surface area contributed by atoms with E-state index >= 15 is 0 Å². The number of thioether (sulfide) groups is 1. The first-order valence-electron chi connectivity index (χ1n) is 4.90. The fourth-order valence-electron chi connectivity index (χ4n) is 1.09. The Morgan fingerprint density at radius 3 is 2.94 bits per heavy atom. The molecular formula is C11H9NO4S2. The summed E-state index contributed by atoms with van der Waals surface area (Å²) in [6, 6.07) is 1.40. The van der Waals surface area contributed by atoms with Crippen LogP contribution in [0.5, 0.6) is 0 Å². The number of carbonyl (C=O) groups excluding carboxylic acids is 2. The lowest BCUT2D eigenvalue weighted by Gasteiger charge is -1.88. The quantitative estimate of drug-likeness (QED) is 0.279. The van der Waals surface area contributed by atoms with E-state index in [-0.39, 0.29) is 20.6 Å². The normalized spacial score (nSPS) is 9.39. The van der Waals surface area contributed by atoms with Crippen LogP contribution in [0.15, 0.2) is 6.07 Å². The summed E-state index contributed by atoms with van der Waals surface area (Å²) in [5, 5.41) is 10.6. The maximum Gasteiger partial charge on any atom is 0.340 e. The monoisotopic (exact) mass is 283 g/mol. The molecule has 94 valence electrons. The minimum absolute atomic E-state index is 0.0153. The highest BCUT2D eigenvalue weighted by atomic mass is 32.2. The lowest BCUT2D eigenvalue weighted by molar-refractivity contribution is -0.380. The molecule has 0 amide bonds. The average Bonchev–Trinajstić information content (AvgIpc) is 2.71. The molecule has 0 saturated heterocycles. The average molecular weight is 283 g/mol. The van der Waals surface area contributed by atoms with Gasteiger partial charge in [0, 0.05) is 19.1 Å². The van der Waals surface area contributed by atoms with Crippen LogP contribution in [0.3, 0.4) is 0 Å². The predicted molar refractivity (Wildman–Crippen MR) is 71.0 cm³/mol. The standard InChI is InChI=1S/C11H9NO4S2/c1-8(14)17-5-3-2-4-9-6-10(7-13)18-11(9)12(15)16/h6-7H,3,5H2,1H3. The molecule has 0 saturated carbocycles. The second kappa shape index (κ2) is 6.93. The molecule has 0 spiro atoms. The van der Waals surface area contributed by atoms with Crippen LogP contribution in [0.2, 0.25) is 0 Å². The van der Waals surface area contributed by atoms with Crippen molar-refractivity contribution in [3.8, 4) is 11.8 Å². The zero-order valence-electron chi connectivity index (χ0n) is 9.47. The Labute approximate surface area is 112 Å². The maximum absolute atomic E-state index is 10.7. The van der Waals surface area contributed by atoms with E-state index in [0.29, 0.717) is 18.5 Å². The second-order valence-electron chi connectivity index (χ2n) is 3.13. The smallest absolute Gasteiger partial charge is 0.297 e. The molecule has 0 radical (unpaired) electrons. The number of rotatable bonds is 4. The molecule has 18 heavy (non-hydrogen) atoms. The Balaban J connectivity index is 2.74. The van der Waals surface area contributed by atoms with E-state index in [9.17, 15) is 19.7 Å². The van der Waals surface area contributed by atoms with Gasteiger partial charge in [0.2, 0.25) is 0 Å². The molecule has 0 aliphatic carbocycles. The van der Waals surface area contributed by atoms with Crippen molar-refractivity contribution < 1.29 is 14.5 Å². The third-order valence-electron chi connectivity index (χ3n) is 1.77.